The van der Waals surface area contributed by atoms with Gasteiger partial charge in [-0.3, -0.25) is 0 Å². The Morgan fingerprint density at radius 1 is 1.19 bits per heavy atom. The van der Waals surface area contributed by atoms with Gasteiger partial charge in [0.25, 0.3) is 0 Å². The second-order valence-electron chi connectivity index (χ2n) is 5.09. The van der Waals surface area contributed by atoms with Crippen molar-refractivity contribution in [3.05, 3.63) is 65.2 Å². The van der Waals surface area contributed by atoms with Gasteiger partial charge < -0.3 is 10.1 Å². The van der Waals surface area contributed by atoms with E-state index in [1.165, 1.54) is 5.56 Å². The Labute approximate surface area is 126 Å². The molecule has 0 aromatic heterocycles. The molecule has 0 spiro atoms. The van der Waals surface area contributed by atoms with Crippen molar-refractivity contribution in [3.63, 3.8) is 0 Å². The number of nitriles is 1. The van der Waals surface area contributed by atoms with E-state index in [2.05, 4.69) is 42.6 Å². The lowest BCUT2D eigenvalue weighted by atomic mass is 10.0. The molecule has 0 radical (unpaired) electrons. The van der Waals surface area contributed by atoms with E-state index in [0.717, 1.165) is 18.7 Å². The first kappa shape index (κ1) is 15.1. The number of ether oxygens (including phenoxy) is 1. The summed E-state index contributed by atoms with van der Waals surface area (Å²) in [7, 11) is 1.58. The fourth-order valence-corrected chi connectivity index (χ4v) is 2.28. The first-order valence-electron chi connectivity index (χ1n) is 7.07. The molecule has 1 N–H and O–H groups in total. The summed E-state index contributed by atoms with van der Waals surface area (Å²) in [5.74, 6) is 1.08. The number of rotatable bonds is 6. The van der Waals surface area contributed by atoms with Crippen LogP contribution in [0.2, 0.25) is 0 Å². The Bertz CT molecular complexity index is 617. The zero-order chi connectivity index (χ0) is 15.1. The molecule has 21 heavy (non-hydrogen) atoms. The van der Waals surface area contributed by atoms with Crippen LogP contribution in [-0.2, 0) is 6.54 Å². The third-order valence-corrected chi connectivity index (χ3v) is 3.53. The second kappa shape index (κ2) is 7.47. The van der Waals surface area contributed by atoms with Gasteiger partial charge in [-0.05, 0) is 29.2 Å². The summed E-state index contributed by atoms with van der Waals surface area (Å²) in [5.41, 5.74) is 3.00. The summed E-state index contributed by atoms with van der Waals surface area (Å²) in [6, 6.07) is 18.3. The molecule has 2 aromatic rings. The normalized spacial score (nSPS) is 11.7. The van der Waals surface area contributed by atoms with Gasteiger partial charge in [-0.2, -0.15) is 5.26 Å². The highest BCUT2D eigenvalue weighted by atomic mass is 16.5. The van der Waals surface area contributed by atoms with Gasteiger partial charge in [-0.15, -0.1) is 0 Å². The molecule has 0 saturated heterocycles. The summed E-state index contributed by atoms with van der Waals surface area (Å²) in [6.45, 7) is 3.85. The number of benzene rings is 2. The third-order valence-electron chi connectivity index (χ3n) is 3.53. The number of hydrogen-bond acceptors (Lipinski definition) is 3. The van der Waals surface area contributed by atoms with E-state index in [0.29, 0.717) is 17.2 Å². The van der Waals surface area contributed by atoms with Gasteiger partial charge in [-0.1, -0.05) is 43.3 Å². The molecular weight excluding hydrogens is 260 g/mol. The van der Waals surface area contributed by atoms with E-state index in [-0.39, 0.29) is 0 Å². The monoisotopic (exact) mass is 280 g/mol. The molecule has 0 fully saturated rings. The molecule has 0 unspecified atom stereocenters. The molecule has 3 nitrogen and oxygen atoms in total. The lowest BCUT2D eigenvalue weighted by Crippen LogP contribution is -2.19. The quantitative estimate of drug-likeness (QED) is 0.881. The Morgan fingerprint density at radius 3 is 2.62 bits per heavy atom. The van der Waals surface area contributed by atoms with Crippen LogP contribution >= 0.6 is 0 Å². The number of nitrogens with zero attached hydrogens (tertiary/aromatic N) is 1. The molecule has 2 rings (SSSR count). The van der Waals surface area contributed by atoms with Gasteiger partial charge >= 0.3 is 0 Å². The van der Waals surface area contributed by atoms with Crippen molar-refractivity contribution in [2.24, 2.45) is 0 Å². The minimum absolute atomic E-state index is 0.458. The highest BCUT2D eigenvalue weighted by molar-refractivity contribution is 5.45. The van der Waals surface area contributed by atoms with E-state index in [1.807, 2.05) is 24.3 Å². The van der Waals surface area contributed by atoms with E-state index >= 15 is 0 Å². The maximum atomic E-state index is 9.09. The van der Waals surface area contributed by atoms with Gasteiger partial charge in [0.05, 0.1) is 12.7 Å². The van der Waals surface area contributed by atoms with Crippen molar-refractivity contribution in [3.8, 4) is 11.8 Å². The molecule has 108 valence electrons. The van der Waals surface area contributed by atoms with Gasteiger partial charge in [0.1, 0.15) is 11.8 Å². The molecular formula is C18H20N2O. The van der Waals surface area contributed by atoms with Crippen molar-refractivity contribution in [2.75, 3.05) is 13.7 Å². The molecule has 0 aliphatic carbocycles. The predicted octanol–water partition coefficient (Wildman–Crippen LogP) is 3.46. The van der Waals surface area contributed by atoms with Crippen LogP contribution in [0, 0.1) is 11.3 Å². The van der Waals surface area contributed by atoms with Gasteiger partial charge in [0.2, 0.25) is 0 Å². The molecule has 0 bridgehead atoms. The van der Waals surface area contributed by atoms with E-state index in [1.54, 1.807) is 7.11 Å². The van der Waals surface area contributed by atoms with Crippen molar-refractivity contribution in [2.45, 2.75) is 19.4 Å². The van der Waals surface area contributed by atoms with Crippen molar-refractivity contribution in [1.29, 1.82) is 5.26 Å². The average Bonchev–Trinajstić information content (AvgIpc) is 2.55. The Kier molecular flexibility index (Phi) is 5.36. The Morgan fingerprint density at radius 2 is 1.95 bits per heavy atom. The molecule has 1 atom stereocenters. The lowest BCUT2D eigenvalue weighted by molar-refractivity contribution is 0.413. The SMILES string of the molecule is COc1ccc(CNC[C@H](C)c2ccccc2)cc1C#N. The fraction of sp³-hybridized carbons (Fsp3) is 0.278. The zero-order valence-electron chi connectivity index (χ0n) is 12.5. The van der Waals surface area contributed by atoms with Crippen LogP contribution in [0.5, 0.6) is 5.75 Å². The minimum Gasteiger partial charge on any atom is -0.495 e. The van der Waals surface area contributed by atoms with Crippen molar-refractivity contribution >= 4 is 0 Å². The highest BCUT2D eigenvalue weighted by Crippen LogP contribution is 2.19. The van der Waals surface area contributed by atoms with E-state index in [9.17, 15) is 0 Å². The van der Waals surface area contributed by atoms with Gasteiger partial charge in [-0.25, -0.2) is 0 Å². The first-order valence-corrected chi connectivity index (χ1v) is 7.07. The third kappa shape index (κ3) is 4.08. The molecule has 0 heterocycles. The summed E-state index contributed by atoms with van der Waals surface area (Å²) >= 11 is 0. The van der Waals surface area contributed by atoms with Crippen molar-refractivity contribution in [1.82, 2.24) is 5.32 Å². The fourth-order valence-electron chi connectivity index (χ4n) is 2.28. The van der Waals surface area contributed by atoms with E-state index in [4.69, 9.17) is 10.00 Å². The molecule has 0 aliphatic heterocycles. The molecule has 0 saturated carbocycles. The highest BCUT2D eigenvalue weighted by Gasteiger charge is 2.06. The summed E-state index contributed by atoms with van der Waals surface area (Å²) in [5, 5.41) is 12.5. The topological polar surface area (TPSA) is 45.0 Å². The Hall–Kier alpha value is -2.31. The number of hydrogen-bond donors (Lipinski definition) is 1. The van der Waals surface area contributed by atoms with Gasteiger partial charge in [0, 0.05) is 13.1 Å². The summed E-state index contributed by atoms with van der Waals surface area (Å²) in [4.78, 5) is 0. The maximum Gasteiger partial charge on any atom is 0.136 e. The van der Waals surface area contributed by atoms with Crippen LogP contribution in [0.25, 0.3) is 0 Å². The number of methoxy groups -OCH3 is 1. The van der Waals surface area contributed by atoms with Crippen LogP contribution in [-0.4, -0.2) is 13.7 Å². The molecule has 2 aromatic carbocycles. The summed E-state index contributed by atoms with van der Waals surface area (Å²) in [6.07, 6.45) is 0. The maximum absolute atomic E-state index is 9.09. The first-order chi connectivity index (χ1) is 10.2. The van der Waals surface area contributed by atoms with Crippen LogP contribution in [0.15, 0.2) is 48.5 Å². The summed E-state index contributed by atoms with van der Waals surface area (Å²) < 4.78 is 5.15. The minimum atomic E-state index is 0.458. The standard InChI is InChI=1S/C18H20N2O/c1-14(16-6-4-3-5-7-16)12-20-13-15-8-9-18(21-2)17(10-15)11-19/h3-10,14,20H,12-13H2,1-2H3/t14-/m0/s1. The zero-order valence-corrected chi connectivity index (χ0v) is 12.5. The van der Waals surface area contributed by atoms with E-state index < -0.39 is 0 Å². The predicted molar refractivity (Wildman–Crippen MR) is 84.3 cm³/mol. The molecule has 0 amide bonds. The van der Waals surface area contributed by atoms with Crippen LogP contribution in [0.4, 0.5) is 0 Å². The molecule has 3 heteroatoms. The van der Waals surface area contributed by atoms with Gasteiger partial charge in [0.15, 0.2) is 0 Å². The van der Waals surface area contributed by atoms with Crippen molar-refractivity contribution < 1.29 is 4.74 Å². The Balaban J connectivity index is 1.91. The van der Waals surface area contributed by atoms with Crippen LogP contribution < -0.4 is 10.1 Å². The van der Waals surface area contributed by atoms with Crippen LogP contribution in [0.1, 0.15) is 29.5 Å². The number of nitrogens with one attached hydrogen (secondary N) is 1. The molecule has 0 aliphatic rings. The lowest BCUT2D eigenvalue weighted by Gasteiger charge is -2.13. The smallest absolute Gasteiger partial charge is 0.136 e. The largest absolute Gasteiger partial charge is 0.495 e. The average molecular weight is 280 g/mol. The van der Waals surface area contributed by atoms with Crippen LogP contribution in [0.3, 0.4) is 0 Å². The second-order valence-corrected chi connectivity index (χ2v) is 5.09.